The average molecular weight is 295 g/mol. The third-order valence-corrected chi connectivity index (χ3v) is 5.57. The normalized spacial score (nSPS) is 35.4. The van der Waals surface area contributed by atoms with Crippen molar-refractivity contribution < 1.29 is 0 Å². The standard InChI is InChI=1S/C19H38N2/c1-14(2)10-20-12-16(5)18(13-20)9-19-8-7-17(6)21(19)11-15(3)4/h14-19H,7-13H2,1-6H3. The van der Waals surface area contributed by atoms with E-state index in [1.165, 1.54) is 45.4 Å². The maximum Gasteiger partial charge on any atom is 0.0102 e. The molecule has 0 amide bonds. The van der Waals surface area contributed by atoms with E-state index in [0.29, 0.717) is 0 Å². The van der Waals surface area contributed by atoms with Crippen molar-refractivity contribution in [3.05, 3.63) is 0 Å². The van der Waals surface area contributed by atoms with Crippen LogP contribution in [0, 0.1) is 23.7 Å². The van der Waals surface area contributed by atoms with Gasteiger partial charge in [0.25, 0.3) is 0 Å². The van der Waals surface area contributed by atoms with Crippen molar-refractivity contribution in [3.8, 4) is 0 Å². The molecular weight excluding hydrogens is 256 g/mol. The minimum absolute atomic E-state index is 0.798. The molecule has 2 aliphatic rings. The summed E-state index contributed by atoms with van der Waals surface area (Å²) >= 11 is 0. The van der Waals surface area contributed by atoms with Gasteiger partial charge in [-0.3, -0.25) is 4.90 Å². The Morgan fingerprint density at radius 1 is 0.905 bits per heavy atom. The van der Waals surface area contributed by atoms with Gasteiger partial charge in [0.05, 0.1) is 0 Å². The highest BCUT2D eigenvalue weighted by molar-refractivity contribution is 4.91. The van der Waals surface area contributed by atoms with Crippen molar-refractivity contribution in [2.75, 3.05) is 26.2 Å². The summed E-state index contributed by atoms with van der Waals surface area (Å²) in [6.45, 7) is 19.6. The van der Waals surface area contributed by atoms with Crippen LogP contribution in [0.5, 0.6) is 0 Å². The van der Waals surface area contributed by atoms with E-state index in [-0.39, 0.29) is 0 Å². The van der Waals surface area contributed by atoms with Gasteiger partial charge in [0.1, 0.15) is 0 Å². The van der Waals surface area contributed by atoms with Gasteiger partial charge < -0.3 is 4.90 Å². The molecule has 21 heavy (non-hydrogen) atoms. The van der Waals surface area contributed by atoms with E-state index in [0.717, 1.165) is 35.8 Å². The Bertz CT molecular complexity index is 313. The third kappa shape index (κ3) is 4.69. The lowest BCUT2D eigenvalue weighted by Gasteiger charge is -2.32. The first-order chi connectivity index (χ1) is 9.86. The van der Waals surface area contributed by atoms with Crippen LogP contribution in [0.4, 0.5) is 0 Å². The van der Waals surface area contributed by atoms with E-state index in [1.54, 1.807) is 0 Å². The zero-order valence-corrected chi connectivity index (χ0v) is 15.3. The summed E-state index contributed by atoms with van der Waals surface area (Å²) in [5.74, 6) is 3.42. The molecule has 0 bridgehead atoms. The first-order valence-electron chi connectivity index (χ1n) is 9.34. The van der Waals surface area contributed by atoms with Gasteiger partial charge in [-0.15, -0.1) is 0 Å². The second-order valence-corrected chi connectivity index (χ2v) is 8.76. The van der Waals surface area contributed by atoms with Gasteiger partial charge in [-0.2, -0.15) is 0 Å². The van der Waals surface area contributed by atoms with Crippen molar-refractivity contribution in [1.29, 1.82) is 0 Å². The summed E-state index contributed by atoms with van der Waals surface area (Å²) in [4.78, 5) is 5.54. The maximum atomic E-state index is 2.82. The number of likely N-dealkylation sites (tertiary alicyclic amines) is 2. The van der Waals surface area contributed by atoms with Crippen LogP contribution >= 0.6 is 0 Å². The fraction of sp³-hybridized carbons (Fsp3) is 1.00. The molecule has 2 heterocycles. The van der Waals surface area contributed by atoms with E-state index >= 15 is 0 Å². The molecule has 4 atom stereocenters. The second-order valence-electron chi connectivity index (χ2n) is 8.76. The molecule has 0 spiro atoms. The second kappa shape index (κ2) is 7.46. The molecule has 0 aromatic heterocycles. The lowest BCUT2D eigenvalue weighted by Crippen LogP contribution is -2.39. The Morgan fingerprint density at radius 3 is 2.19 bits per heavy atom. The largest absolute Gasteiger partial charge is 0.303 e. The molecule has 2 saturated heterocycles. The molecule has 2 rings (SSSR count). The van der Waals surface area contributed by atoms with Crippen molar-refractivity contribution in [2.24, 2.45) is 23.7 Å². The minimum atomic E-state index is 0.798. The van der Waals surface area contributed by atoms with Gasteiger partial charge in [0.2, 0.25) is 0 Å². The highest BCUT2D eigenvalue weighted by atomic mass is 15.2. The predicted octanol–water partition coefficient (Wildman–Crippen LogP) is 4.11. The lowest BCUT2D eigenvalue weighted by atomic mass is 9.90. The summed E-state index contributed by atoms with van der Waals surface area (Å²) in [5, 5.41) is 0. The molecule has 0 saturated carbocycles. The van der Waals surface area contributed by atoms with Crippen LogP contribution in [-0.4, -0.2) is 48.1 Å². The van der Waals surface area contributed by atoms with E-state index < -0.39 is 0 Å². The van der Waals surface area contributed by atoms with Crippen LogP contribution in [0.15, 0.2) is 0 Å². The van der Waals surface area contributed by atoms with E-state index in [4.69, 9.17) is 0 Å². The predicted molar refractivity (Wildman–Crippen MR) is 92.6 cm³/mol. The van der Waals surface area contributed by atoms with Gasteiger partial charge in [-0.25, -0.2) is 0 Å². The number of rotatable bonds is 6. The van der Waals surface area contributed by atoms with Crippen molar-refractivity contribution in [3.63, 3.8) is 0 Å². The lowest BCUT2D eigenvalue weighted by molar-refractivity contribution is 0.153. The van der Waals surface area contributed by atoms with Crippen LogP contribution < -0.4 is 0 Å². The summed E-state index contributed by atoms with van der Waals surface area (Å²) in [6, 6.07) is 1.66. The molecule has 4 unspecified atom stereocenters. The van der Waals surface area contributed by atoms with Crippen molar-refractivity contribution >= 4 is 0 Å². The molecule has 0 aliphatic carbocycles. The summed E-state index contributed by atoms with van der Waals surface area (Å²) < 4.78 is 0. The molecule has 0 aromatic carbocycles. The monoisotopic (exact) mass is 294 g/mol. The van der Waals surface area contributed by atoms with E-state index in [9.17, 15) is 0 Å². The molecule has 2 fully saturated rings. The third-order valence-electron chi connectivity index (χ3n) is 5.57. The highest BCUT2D eigenvalue weighted by Gasteiger charge is 2.36. The van der Waals surface area contributed by atoms with Gasteiger partial charge in [0.15, 0.2) is 0 Å². The fourth-order valence-corrected chi connectivity index (χ4v) is 4.59. The fourth-order valence-electron chi connectivity index (χ4n) is 4.59. The van der Waals surface area contributed by atoms with Gasteiger partial charge >= 0.3 is 0 Å². The Hall–Kier alpha value is -0.0800. The summed E-state index contributed by atoms with van der Waals surface area (Å²) in [6.07, 6.45) is 4.28. The van der Waals surface area contributed by atoms with Crippen molar-refractivity contribution in [2.45, 2.75) is 72.9 Å². The minimum Gasteiger partial charge on any atom is -0.303 e. The Balaban J connectivity index is 1.88. The van der Waals surface area contributed by atoms with Gasteiger partial charge in [-0.1, -0.05) is 34.6 Å². The van der Waals surface area contributed by atoms with E-state index in [1.807, 2.05) is 0 Å². The Labute approximate surface area is 133 Å². The van der Waals surface area contributed by atoms with Crippen LogP contribution in [-0.2, 0) is 0 Å². The number of hydrogen-bond acceptors (Lipinski definition) is 2. The molecule has 0 radical (unpaired) electrons. The summed E-state index contributed by atoms with van der Waals surface area (Å²) in [7, 11) is 0. The van der Waals surface area contributed by atoms with Crippen LogP contribution in [0.1, 0.15) is 60.8 Å². The summed E-state index contributed by atoms with van der Waals surface area (Å²) in [5.41, 5.74) is 0. The zero-order chi connectivity index (χ0) is 15.6. The van der Waals surface area contributed by atoms with Crippen LogP contribution in [0.3, 0.4) is 0 Å². The number of nitrogens with zero attached hydrogens (tertiary/aromatic N) is 2. The highest BCUT2D eigenvalue weighted by Crippen LogP contribution is 2.34. The van der Waals surface area contributed by atoms with Gasteiger partial charge in [0, 0.05) is 38.3 Å². The smallest absolute Gasteiger partial charge is 0.0102 e. The molecule has 2 aliphatic heterocycles. The van der Waals surface area contributed by atoms with Crippen molar-refractivity contribution in [1.82, 2.24) is 9.80 Å². The molecule has 0 aromatic rings. The molecule has 124 valence electrons. The Morgan fingerprint density at radius 2 is 1.57 bits per heavy atom. The first kappa shape index (κ1) is 17.3. The molecule has 2 nitrogen and oxygen atoms in total. The number of hydrogen-bond donors (Lipinski definition) is 0. The zero-order valence-electron chi connectivity index (χ0n) is 15.3. The first-order valence-corrected chi connectivity index (χ1v) is 9.34. The molecular formula is C19H38N2. The topological polar surface area (TPSA) is 6.48 Å². The molecule has 2 heteroatoms. The Kier molecular flexibility index (Phi) is 6.14. The maximum absolute atomic E-state index is 2.82. The van der Waals surface area contributed by atoms with Gasteiger partial charge in [-0.05, 0) is 49.9 Å². The SMILES string of the molecule is CC(C)CN1CC(C)C(CC2CCC(C)N2CC(C)C)C1. The quantitative estimate of drug-likeness (QED) is 0.727. The van der Waals surface area contributed by atoms with E-state index in [2.05, 4.69) is 51.3 Å². The van der Waals surface area contributed by atoms with Crippen LogP contribution in [0.25, 0.3) is 0 Å². The average Bonchev–Trinajstić information content (AvgIpc) is 2.85. The van der Waals surface area contributed by atoms with Crippen LogP contribution in [0.2, 0.25) is 0 Å². The molecule has 0 N–H and O–H groups in total.